The average Bonchev–Trinajstić information content (AvgIpc) is 2.27. The molecule has 0 aliphatic heterocycles. The van der Waals surface area contributed by atoms with Gasteiger partial charge in [-0.1, -0.05) is 0 Å². The van der Waals surface area contributed by atoms with Crippen LogP contribution in [-0.4, -0.2) is 35.7 Å². The lowest BCUT2D eigenvalue weighted by atomic mass is 10.1. The lowest BCUT2D eigenvalue weighted by molar-refractivity contribution is -0.384. The summed E-state index contributed by atoms with van der Waals surface area (Å²) in [5.74, 6) is -2.24. The maximum Gasteiger partial charge on any atom is 0.293 e. The van der Waals surface area contributed by atoms with Crippen molar-refractivity contribution in [3.05, 3.63) is 33.6 Å². The molecule has 1 amide bonds. The second kappa shape index (κ2) is 5.55. The van der Waals surface area contributed by atoms with E-state index in [2.05, 4.69) is 0 Å². The van der Waals surface area contributed by atoms with Crippen LogP contribution in [0.1, 0.15) is 10.4 Å². The van der Waals surface area contributed by atoms with Gasteiger partial charge in [0.2, 0.25) is 0 Å². The molecule has 0 radical (unpaired) electrons. The Morgan fingerprint density at radius 1 is 1.53 bits per heavy atom. The number of hydrogen-bond donors (Lipinski definition) is 1. The number of amides is 1. The Balaban J connectivity index is 3.22. The van der Waals surface area contributed by atoms with Gasteiger partial charge in [-0.05, 0) is 6.07 Å². The summed E-state index contributed by atoms with van der Waals surface area (Å²) in [6, 6.07) is 1.49. The third-order valence-electron chi connectivity index (χ3n) is 2.34. The summed E-state index contributed by atoms with van der Waals surface area (Å²) < 4.78 is 37.8. The summed E-state index contributed by atoms with van der Waals surface area (Å²) in [6.45, 7) is -0.930. The van der Waals surface area contributed by atoms with Crippen molar-refractivity contribution >= 4 is 17.3 Å². The third kappa shape index (κ3) is 3.12. The molecule has 0 heterocycles. The fourth-order valence-corrected chi connectivity index (χ4v) is 1.44. The number of nitrogen functional groups attached to an aromatic ring is 1. The van der Waals surface area contributed by atoms with Crippen LogP contribution in [0.2, 0.25) is 0 Å². The highest BCUT2D eigenvalue weighted by Crippen LogP contribution is 2.28. The van der Waals surface area contributed by atoms with Crippen LogP contribution in [0.3, 0.4) is 0 Å². The van der Waals surface area contributed by atoms with Crippen LogP contribution in [-0.2, 0) is 0 Å². The van der Waals surface area contributed by atoms with Crippen molar-refractivity contribution in [3.8, 4) is 0 Å². The van der Waals surface area contributed by atoms with Crippen LogP contribution in [0, 0.1) is 15.9 Å². The average molecular weight is 277 g/mol. The zero-order valence-electron chi connectivity index (χ0n) is 9.77. The summed E-state index contributed by atoms with van der Waals surface area (Å²) in [7, 11) is 1.02. The van der Waals surface area contributed by atoms with Crippen LogP contribution >= 0.6 is 0 Å². The molecular formula is C10H10F3N3O3. The molecule has 0 spiro atoms. The molecule has 1 rings (SSSR count). The van der Waals surface area contributed by atoms with E-state index in [0.29, 0.717) is 11.0 Å². The number of hydrogen-bond acceptors (Lipinski definition) is 4. The minimum atomic E-state index is -2.81. The number of nitro groups is 1. The second-order valence-electron chi connectivity index (χ2n) is 3.69. The molecule has 0 aromatic heterocycles. The molecule has 2 N–H and O–H groups in total. The number of halogens is 3. The van der Waals surface area contributed by atoms with E-state index in [9.17, 15) is 28.1 Å². The number of alkyl halides is 2. The monoisotopic (exact) mass is 277 g/mol. The maximum atomic E-state index is 13.5. The van der Waals surface area contributed by atoms with E-state index < -0.39 is 46.6 Å². The summed E-state index contributed by atoms with van der Waals surface area (Å²) in [4.78, 5) is 22.0. The molecule has 0 saturated heterocycles. The Bertz CT molecular complexity index is 522. The first-order valence-corrected chi connectivity index (χ1v) is 5.01. The first-order valence-electron chi connectivity index (χ1n) is 5.01. The van der Waals surface area contributed by atoms with Gasteiger partial charge in [0.25, 0.3) is 18.0 Å². The van der Waals surface area contributed by atoms with Crippen molar-refractivity contribution in [3.63, 3.8) is 0 Å². The number of nitro benzene ring substituents is 1. The molecule has 0 atom stereocenters. The van der Waals surface area contributed by atoms with Crippen molar-refractivity contribution in [2.24, 2.45) is 0 Å². The van der Waals surface area contributed by atoms with Gasteiger partial charge in [-0.3, -0.25) is 14.9 Å². The molecule has 1 aromatic carbocycles. The number of anilines is 1. The number of nitrogens with two attached hydrogens (primary N) is 1. The van der Waals surface area contributed by atoms with Gasteiger partial charge in [0.1, 0.15) is 17.1 Å². The Morgan fingerprint density at radius 2 is 2.11 bits per heavy atom. The van der Waals surface area contributed by atoms with Crippen LogP contribution in [0.5, 0.6) is 0 Å². The quantitative estimate of drug-likeness (QED) is 0.515. The predicted molar refractivity (Wildman–Crippen MR) is 60.4 cm³/mol. The van der Waals surface area contributed by atoms with Crippen molar-refractivity contribution in [1.82, 2.24) is 4.90 Å². The van der Waals surface area contributed by atoms with E-state index in [1.165, 1.54) is 0 Å². The van der Waals surface area contributed by atoms with Gasteiger partial charge in [-0.2, -0.15) is 0 Å². The van der Waals surface area contributed by atoms with Crippen molar-refractivity contribution in [1.29, 1.82) is 0 Å². The van der Waals surface area contributed by atoms with Crippen molar-refractivity contribution in [2.75, 3.05) is 19.3 Å². The number of carbonyl (C=O) groups is 1. The van der Waals surface area contributed by atoms with Crippen LogP contribution in [0.15, 0.2) is 12.1 Å². The van der Waals surface area contributed by atoms with Gasteiger partial charge in [-0.15, -0.1) is 0 Å². The number of nitrogens with zero attached hydrogens (tertiary/aromatic N) is 2. The fraction of sp³-hybridized carbons (Fsp3) is 0.300. The Labute approximate surface area is 105 Å². The fourth-order valence-electron chi connectivity index (χ4n) is 1.44. The van der Waals surface area contributed by atoms with Crippen LogP contribution in [0.4, 0.5) is 24.5 Å². The van der Waals surface area contributed by atoms with Gasteiger partial charge in [0, 0.05) is 13.1 Å². The number of rotatable bonds is 4. The first kappa shape index (κ1) is 14.7. The molecule has 0 bridgehead atoms. The minimum absolute atomic E-state index is 0.545. The summed E-state index contributed by atoms with van der Waals surface area (Å²) >= 11 is 0. The van der Waals surface area contributed by atoms with Gasteiger partial charge < -0.3 is 10.6 Å². The smallest absolute Gasteiger partial charge is 0.293 e. The van der Waals surface area contributed by atoms with Gasteiger partial charge in [0.05, 0.1) is 11.5 Å². The van der Waals surface area contributed by atoms with Gasteiger partial charge in [0.15, 0.2) is 0 Å². The molecule has 0 aliphatic carbocycles. The summed E-state index contributed by atoms with van der Waals surface area (Å²) in [6.07, 6.45) is -2.81. The summed E-state index contributed by atoms with van der Waals surface area (Å²) in [5.41, 5.74) is 3.22. The zero-order valence-corrected chi connectivity index (χ0v) is 9.77. The zero-order chi connectivity index (χ0) is 14.7. The highest BCUT2D eigenvalue weighted by molar-refractivity contribution is 6.01. The number of carbonyl (C=O) groups excluding carboxylic acids is 1. The molecule has 0 unspecified atom stereocenters. The van der Waals surface area contributed by atoms with E-state index in [-0.39, 0.29) is 0 Å². The summed E-state index contributed by atoms with van der Waals surface area (Å²) in [5, 5.41) is 10.6. The molecule has 6 nitrogen and oxygen atoms in total. The van der Waals surface area contributed by atoms with E-state index in [4.69, 9.17) is 5.73 Å². The molecular weight excluding hydrogens is 267 g/mol. The van der Waals surface area contributed by atoms with Crippen molar-refractivity contribution < 1.29 is 22.9 Å². The Hall–Kier alpha value is -2.32. The van der Waals surface area contributed by atoms with E-state index in [1.807, 2.05) is 0 Å². The van der Waals surface area contributed by atoms with Gasteiger partial charge in [-0.25, -0.2) is 13.2 Å². The van der Waals surface area contributed by atoms with E-state index in [1.54, 1.807) is 0 Å². The SMILES string of the molecule is CN(CC(F)F)C(=O)c1c(F)ccc([N+](=O)[O-])c1N. The Kier molecular flexibility index (Phi) is 4.30. The highest BCUT2D eigenvalue weighted by Gasteiger charge is 2.26. The minimum Gasteiger partial charge on any atom is -0.392 e. The largest absolute Gasteiger partial charge is 0.392 e. The molecule has 9 heteroatoms. The van der Waals surface area contributed by atoms with Crippen LogP contribution < -0.4 is 5.73 Å². The lowest BCUT2D eigenvalue weighted by Crippen LogP contribution is -2.32. The first-order chi connectivity index (χ1) is 8.75. The molecule has 19 heavy (non-hydrogen) atoms. The second-order valence-corrected chi connectivity index (χ2v) is 3.69. The highest BCUT2D eigenvalue weighted by atomic mass is 19.3. The van der Waals surface area contributed by atoms with E-state index in [0.717, 1.165) is 13.1 Å². The molecule has 1 aromatic rings. The Morgan fingerprint density at radius 3 is 2.58 bits per heavy atom. The van der Waals surface area contributed by atoms with Gasteiger partial charge >= 0.3 is 0 Å². The maximum absolute atomic E-state index is 13.5. The molecule has 104 valence electrons. The molecule has 0 saturated carbocycles. The normalized spacial score (nSPS) is 10.6. The number of benzene rings is 1. The lowest BCUT2D eigenvalue weighted by Gasteiger charge is -2.17. The van der Waals surface area contributed by atoms with Crippen LogP contribution in [0.25, 0.3) is 0 Å². The topological polar surface area (TPSA) is 89.5 Å². The van der Waals surface area contributed by atoms with E-state index >= 15 is 0 Å². The molecule has 0 fully saturated rings. The molecule has 0 aliphatic rings. The van der Waals surface area contributed by atoms with Crippen molar-refractivity contribution in [2.45, 2.75) is 6.43 Å². The predicted octanol–water partition coefficient (Wildman–Crippen LogP) is 1.65. The third-order valence-corrected chi connectivity index (χ3v) is 2.34. The standard InChI is InChI=1S/C10H10F3N3O3/c1-15(4-7(12)13)10(17)8-5(11)2-3-6(9(8)14)16(18)19/h2-3,7H,4,14H2,1H3.